The number of ether oxygens (including phenoxy) is 2. The van der Waals surface area contributed by atoms with Crippen LogP contribution >= 0.6 is 0 Å². The third-order valence-corrected chi connectivity index (χ3v) is 3.42. The van der Waals surface area contributed by atoms with Gasteiger partial charge in [0.2, 0.25) is 0 Å². The van der Waals surface area contributed by atoms with Gasteiger partial charge in [-0.15, -0.1) is 13.2 Å². The van der Waals surface area contributed by atoms with Crippen LogP contribution in [0.25, 0.3) is 0 Å². The van der Waals surface area contributed by atoms with Crippen molar-refractivity contribution in [2.45, 2.75) is 33.2 Å². The number of hydrazone groups is 1. The van der Waals surface area contributed by atoms with E-state index in [1.807, 2.05) is 13.8 Å². The van der Waals surface area contributed by atoms with E-state index in [0.29, 0.717) is 12.0 Å². The lowest BCUT2D eigenvalue weighted by molar-refractivity contribution is -0.274. The Morgan fingerprint density at radius 2 is 1.96 bits per heavy atom. The summed E-state index contributed by atoms with van der Waals surface area (Å²) in [4.78, 5) is 11.9. The van der Waals surface area contributed by atoms with E-state index in [2.05, 4.69) is 16.4 Å². The van der Waals surface area contributed by atoms with Crippen molar-refractivity contribution in [2.24, 2.45) is 11.0 Å². The Balaban J connectivity index is 2.92. The number of halogens is 3. The number of esters is 1. The first-order valence-electron chi connectivity index (χ1n) is 7.60. The Kier molecular flexibility index (Phi) is 7.47. The molecule has 8 heteroatoms. The molecule has 0 aromatic heterocycles. The van der Waals surface area contributed by atoms with Gasteiger partial charge in [-0.1, -0.05) is 32.6 Å². The lowest BCUT2D eigenvalue weighted by atomic mass is 10.0. The van der Waals surface area contributed by atoms with Crippen molar-refractivity contribution in [2.75, 3.05) is 7.11 Å². The van der Waals surface area contributed by atoms with Crippen LogP contribution in [0.4, 0.5) is 13.2 Å². The first-order valence-corrected chi connectivity index (χ1v) is 7.60. The number of hydrogen-bond donors (Lipinski definition) is 0. The lowest BCUT2D eigenvalue weighted by Gasteiger charge is -2.18. The molecule has 1 rings (SSSR count). The summed E-state index contributed by atoms with van der Waals surface area (Å²) in [6.45, 7) is 7.63. The molecular formula is C17H21F3N2O3. The van der Waals surface area contributed by atoms with Gasteiger partial charge in [0.25, 0.3) is 0 Å². The predicted octanol–water partition coefficient (Wildman–Crippen LogP) is 4.11. The third-order valence-electron chi connectivity index (χ3n) is 3.42. The molecule has 1 unspecified atom stereocenters. The summed E-state index contributed by atoms with van der Waals surface area (Å²) >= 11 is 0. The number of carbonyl (C=O) groups is 1. The van der Waals surface area contributed by atoms with Crippen molar-refractivity contribution in [3.8, 4) is 5.75 Å². The minimum atomic E-state index is -4.73. The molecule has 0 saturated carbocycles. The van der Waals surface area contributed by atoms with Gasteiger partial charge < -0.3 is 9.47 Å². The Hall–Kier alpha value is -2.51. The molecule has 138 valence electrons. The molecule has 0 N–H and O–H groups in total. The van der Waals surface area contributed by atoms with Crippen molar-refractivity contribution in [1.82, 2.24) is 5.01 Å². The van der Waals surface area contributed by atoms with Crippen molar-refractivity contribution >= 4 is 11.7 Å². The summed E-state index contributed by atoms with van der Waals surface area (Å²) in [5, 5.41) is 5.69. The molecule has 0 aliphatic carbocycles. The molecule has 0 radical (unpaired) electrons. The van der Waals surface area contributed by atoms with E-state index in [0.717, 1.165) is 0 Å². The van der Waals surface area contributed by atoms with Gasteiger partial charge in [-0.05, 0) is 24.1 Å². The van der Waals surface area contributed by atoms with Gasteiger partial charge in [-0.25, -0.2) is 4.79 Å². The maximum absolute atomic E-state index is 12.2. The van der Waals surface area contributed by atoms with Gasteiger partial charge in [0.15, 0.2) is 0 Å². The number of benzene rings is 1. The molecule has 0 heterocycles. The summed E-state index contributed by atoms with van der Waals surface area (Å²) in [7, 11) is 1.28. The summed E-state index contributed by atoms with van der Waals surface area (Å²) in [5.41, 5.74) is 0.925. The molecule has 0 saturated heterocycles. The topological polar surface area (TPSA) is 51.1 Å². The first-order chi connectivity index (χ1) is 11.7. The van der Waals surface area contributed by atoms with Crippen LogP contribution in [0.2, 0.25) is 0 Å². The fourth-order valence-corrected chi connectivity index (χ4v) is 1.90. The van der Waals surface area contributed by atoms with E-state index in [-0.39, 0.29) is 23.9 Å². The van der Waals surface area contributed by atoms with Crippen molar-refractivity contribution in [3.63, 3.8) is 0 Å². The van der Waals surface area contributed by atoms with E-state index < -0.39 is 12.3 Å². The van der Waals surface area contributed by atoms with Crippen LogP contribution in [0.1, 0.15) is 25.8 Å². The zero-order valence-corrected chi connectivity index (χ0v) is 14.3. The number of nitrogens with zero attached hydrogens (tertiary/aromatic N) is 2. The molecule has 0 spiro atoms. The molecule has 0 amide bonds. The number of alkyl halides is 3. The third kappa shape index (κ3) is 6.86. The molecule has 1 aromatic carbocycles. The molecule has 5 nitrogen and oxygen atoms in total. The molecule has 25 heavy (non-hydrogen) atoms. The normalized spacial score (nSPS) is 13.1. The predicted molar refractivity (Wildman–Crippen MR) is 87.8 cm³/mol. The van der Waals surface area contributed by atoms with E-state index in [1.54, 1.807) is 0 Å². The lowest BCUT2D eigenvalue weighted by Crippen LogP contribution is -2.26. The summed E-state index contributed by atoms with van der Waals surface area (Å²) in [6, 6.07) is 5.38. The second kappa shape index (κ2) is 9.10. The molecule has 0 aliphatic rings. The van der Waals surface area contributed by atoms with Gasteiger partial charge in [-0.3, -0.25) is 5.01 Å². The smallest absolute Gasteiger partial charge is 0.464 e. The fraction of sp³-hybridized carbons (Fsp3) is 0.412. The van der Waals surface area contributed by atoms with Gasteiger partial charge in [0, 0.05) is 12.1 Å². The van der Waals surface area contributed by atoms with Crippen molar-refractivity contribution in [3.05, 3.63) is 42.6 Å². The van der Waals surface area contributed by atoms with Gasteiger partial charge >= 0.3 is 12.3 Å². The minimum Gasteiger partial charge on any atom is -0.464 e. The monoisotopic (exact) mass is 358 g/mol. The Labute approximate surface area is 144 Å². The maximum Gasteiger partial charge on any atom is 0.573 e. The standard InChI is InChI=1S/C17H21F3N2O3/c1-5-12(3)15(16(23)24-4)21-22(6-2)11-13-7-9-14(10-8-13)25-17(18,19)20/h6-10,12H,2,5,11H2,1,3-4H3/b21-15+. The van der Waals surface area contributed by atoms with Crippen LogP contribution in [0.3, 0.4) is 0 Å². The van der Waals surface area contributed by atoms with Gasteiger partial charge in [-0.2, -0.15) is 5.10 Å². The largest absolute Gasteiger partial charge is 0.573 e. The number of hydrogen-bond acceptors (Lipinski definition) is 5. The van der Waals surface area contributed by atoms with Gasteiger partial charge in [0.05, 0.1) is 13.7 Å². The van der Waals surface area contributed by atoms with E-state index in [9.17, 15) is 18.0 Å². The Morgan fingerprint density at radius 3 is 2.40 bits per heavy atom. The van der Waals surface area contributed by atoms with Crippen molar-refractivity contribution in [1.29, 1.82) is 0 Å². The zero-order chi connectivity index (χ0) is 19.0. The fourth-order valence-electron chi connectivity index (χ4n) is 1.90. The highest BCUT2D eigenvalue weighted by Gasteiger charge is 2.31. The van der Waals surface area contributed by atoms with Crippen LogP contribution in [0.5, 0.6) is 5.75 Å². The molecule has 0 bridgehead atoms. The van der Waals surface area contributed by atoms with E-state index in [1.165, 1.54) is 42.6 Å². The minimum absolute atomic E-state index is 0.113. The van der Waals surface area contributed by atoms with Crippen LogP contribution in [-0.2, 0) is 16.1 Å². The molecule has 0 fully saturated rings. The summed E-state index contributed by atoms with van der Waals surface area (Å²) in [6.07, 6.45) is -2.61. The second-order valence-electron chi connectivity index (χ2n) is 5.26. The highest BCUT2D eigenvalue weighted by atomic mass is 19.4. The molecule has 1 aromatic rings. The SMILES string of the molecule is C=CN(Cc1ccc(OC(F)(F)F)cc1)/N=C(/C(=O)OC)C(C)CC. The number of carbonyl (C=O) groups excluding carboxylic acids is 1. The van der Waals surface area contributed by atoms with Crippen LogP contribution in [0.15, 0.2) is 42.1 Å². The first kappa shape index (κ1) is 20.5. The summed E-state index contributed by atoms with van der Waals surface area (Å²) < 4.78 is 45.1. The van der Waals surface area contributed by atoms with E-state index in [4.69, 9.17) is 4.74 Å². The molecular weight excluding hydrogens is 337 g/mol. The van der Waals surface area contributed by atoms with Crippen LogP contribution in [0, 0.1) is 5.92 Å². The Morgan fingerprint density at radius 1 is 1.36 bits per heavy atom. The maximum atomic E-state index is 12.2. The highest BCUT2D eigenvalue weighted by Crippen LogP contribution is 2.23. The van der Waals surface area contributed by atoms with Crippen LogP contribution in [-0.4, -0.2) is 30.2 Å². The quantitative estimate of drug-likeness (QED) is 0.399. The number of rotatable bonds is 8. The van der Waals surface area contributed by atoms with Crippen molar-refractivity contribution < 1.29 is 27.4 Å². The summed E-state index contributed by atoms with van der Waals surface area (Å²) in [5.74, 6) is -0.952. The van der Waals surface area contributed by atoms with E-state index >= 15 is 0 Å². The Bertz CT molecular complexity index is 613. The van der Waals surface area contributed by atoms with Crippen LogP contribution < -0.4 is 4.74 Å². The molecule has 0 aliphatic heterocycles. The highest BCUT2D eigenvalue weighted by molar-refractivity contribution is 6.37. The average Bonchev–Trinajstić information content (AvgIpc) is 2.57. The zero-order valence-electron chi connectivity index (χ0n) is 14.3. The molecule has 1 atom stereocenters. The second-order valence-corrected chi connectivity index (χ2v) is 5.26. The number of methoxy groups -OCH3 is 1. The average molecular weight is 358 g/mol. The van der Waals surface area contributed by atoms with Gasteiger partial charge in [0.1, 0.15) is 11.5 Å².